The van der Waals surface area contributed by atoms with Crippen molar-refractivity contribution in [1.29, 1.82) is 0 Å². The van der Waals surface area contributed by atoms with E-state index in [-0.39, 0.29) is 11.6 Å². The number of carbonyl (C=O) groups excluding carboxylic acids is 1. The maximum absolute atomic E-state index is 11.6. The Hall–Kier alpha value is -2.22. The second kappa shape index (κ2) is 6.10. The topological polar surface area (TPSA) is 97.1 Å². The monoisotopic (exact) mass is 280 g/mol. The lowest BCUT2D eigenvalue weighted by atomic mass is 10.2. The molecule has 0 saturated heterocycles. The average Bonchev–Trinajstić information content (AvgIpc) is 3.00. The summed E-state index contributed by atoms with van der Waals surface area (Å²) in [4.78, 5) is 22.2. The van der Waals surface area contributed by atoms with Crippen LogP contribution in [0.5, 0.6) is 0 Å². The van der Waals surface area contributed by atoms with Crippen molar-refractivity contribution < 1.29 is 14.7 Å². The molecule has 7 nitrogen and oxygen atoms in total. The first-order chi connectivity index (χ1) is 9.15. The Kier molecular flexibility index (Phi) is 4.24. The molecule has 0 atom stereocenters. The van der Waals surface area contributed by atoms with Crippen LogP contribution in [0, 0.1) is 0 Å². The highest BCUT2D eigenvalue weighted by Gasteiger charge is 2.08. The first kappa shape index (κ1) is 13.2. The fourth-order valence-corrected chi connectivity index (χ4v) is 2.13. The van der Waals surface area contributed by atoms with Gasteiger partial charge in [-0.25, -0.2) is 9.48 Å². The van der Waals surface area contributed by atoms with Crippen molar-refractivity contribution in [2.45, 2.75) is 13.0 Å². The molecule has 2 aromatic heterocycles. The number of aromatic carboxylic acids is 1. The highest BCUT2D eigenvalue weighted by atomic mass is 32.1. The maximum Gasteiger partial charge on any atom is 0.358 e. The Labute approximate surface area is 112 Å². The largest absolute Gasteiger partial charge is 0.476 e. The van der Waals surface area contributed by atoms with Crippen LogP contribution in [0.3, 0.4) is 0 Å². The number of carbonyl (C=O) groups is 2. The molecule has 8 heteroatoms. The molecule has 0 bridgehead atoms. The molecule has 0 radical (unpaired) electrons. The van der Waals surface area contributed by atoms with E-state index >= 15 is 0 Å². The zero-order valence-electron chi connectivity index (χ0n) is 9.94. The van der Waals surface area contributed by atoms with Gasteiger partial charge in [-0.05, 0) is 22.4 Å². The molecule has 100 valence electrons. The molecule has 0 aliphatic carbocycles. The Balaban J connectivity index is 1.73. The molecule has 0 aromatic carbocycles. The normalized spacial score (nSPS) is 10.3. The highest BCUT2D eigenvalue weighted by Crippen LogP contribution is 2.06. The van der Waals surface area contributed by atoms with Crippen molar-refractivity contribution in [2.75, 3.05) is 6.54 Å². The van der Waals surface area contributed by atoms with Crippen LogP contribution in [0.1, 0.15) is 16.1 Å². The van der Waals surface area contributed by atoms with Crippen LogP contribution in [0.2, 0.25) is 0 Å². The zero-order valence-corrected chi connectivity index (χ0v) is 10.8. The Morgan fingerprint density at radius 3 is 2.95 bits per heavy atom. The first-order valence-corrected chi connectivity index (χ1v) is 6.50. The predicted molar refractivity (Wildman–Crippen MR) is 68.0 cm³/mol. The number of thiophene rings is 1. The standard InChI is InChI=1S/C11H12N4O3S/c16-10(5-8-1-4-19-7-8)12-2-3-15-6-9(11(17)18)13-14-15/h1,4,6-7H,2-3,5H2,(H,12,16)(H,17,18). The number of hydrogen-bond donors (Lipinski definition) is 2. The Morgan fingerprint density at radius 2 is 2.32 bits per heavy atom. The molecule has 2 heterocycles. The van der Waals surface area contributed by atoms with Crippen LogP contribution in [-0.2, 0) is 17.8 Å². The molecule has 1 amide bonds. The van der Waals surface area contributed by atoms with Gasteiger partial charge in [-0.15, -0.1) is 5.10 Å². The van der Waals surface area contributed by atoms with E-state index < -0.39 is 5.97 Å². The second-order valence-corrected chi connectivity index (χ2v) is 4.61. The van der Waals surface area contributed by atoms with Crippen molar-refractivity contribution >= 4 is 23.2 Å². The molecular weight excluding hydrogens is 268 g/mol. The number of carboxylic acids is 1. The number of rotatable bonds is 6. The van der Waals surface area contributed by atoms with Crippen LogP contribution in [0.4, 0.5) is 0 Å². The van der Waals surface area contributed by atoms with Crippen molar-refractivity contribution in [3.05, 3.63) is 34.3 Å². The van der Waals surface area contributed by atoms with Crippen LogP contribution >= 0.6 is 11.3 Å². The first-order valence-electron chi connectivity index (χ1n) is 5.56. The summed E-state index contributed by atoms with van der Waals surface area (Å²) >= 11 is 1.55. The molecule has 0 fully saturated rings. The van der Waals surface area contributed by atoms with Crippen molar-refractivity contribution in [2.24, 2.45) is 0 Å². The van der Waals surface area contributed by atoms with E-state index in [1.165, 1.54) is 10.9 Å². The smallest absolute Gasteiger partial charge is 0.358 e. The van der Waals surface area contributed by atoms with Crippen molar-refractivity contribution in [1.82, 2.24) is 20.3 Å². The molecule has 2 rings (SSSR count). The van der Waals surface area contributed by atoms with Crippen LogP contribution in [0.25, 0.3) is 0 Å². The SMILES string of the molecule is O=C(Cc1ccsc1)NCCn1cc(C(=O)O)nn1. The summed E-state index contributed by atoms with van der Waals surface area (Å²) in [6.07, 6.45) is 1.68. The molecule has 0 aliphatic heterocycles. The fourth-order valence-electron chi connectivity index (χ4n) is 1.46. The van der Waals surface area contributed by atoms with E-state index in [0.717, 1.165) is 5.56 Å². The number of nitrogens with zero attached hydrogens (tertiary/aromatic N) is 3. The quantitative estimate of drug-likeness (QED) is 0.798. The van der Waals surface area contributed by atoms with E-state index in [9.17, 15) is 9.59 Å². The average molecular weight is 280 g/mol. The summed E-state index contributed by atoms with van der Waals surface area (Å²) in [6, 6.07) is 1.90. The minimum atomic E-state index is -1.12. The number of hydrogen-bond acceptors (Lipinski definition) is 5. The van der Waals surface area contributed by atoms with Gasteiger partial charge in [0.2, 0.25) is 5.91 Å². The van der Waals surface area contributed by atoms with Crippen molar-refractivity contribution in [3.63, 3.8) is 0 Å². The number of nitrogens with one attached hydrogen (secondary N) is 1. The fraction of sp³-hybridized carbons (Fsp3) is 0.273. The van der Waals surface area contributed by atoms with Gasteiger partial charge in [0.05, 0.1) is 19.2 Å². The summed E-state index contributed by atoms with van der Waals surface area (Å²) in [5.41, 5.74) is 0.876. The third-order valence-corrected chi connectivity index (χ3v) is 3.10. The summed E-state index contributed by atoms with van der Waals surface area (Å²) in [5.74, 6) is -1.19. The van der Waals surface area contributed by atoms with Crippen LogP contribution in [0.15, 0.2) is 23.0 Å². The van der Waals surface area contributed by atoms with Crippen molar-refractivity contribution in [3.8, 4) is 0 Å². The lowest BCUT2D eigenvalue weighted by Gasteiger charge is -2.03. The summed E-state index contributed by atoms with van der Waals surface area (Å²) in [7, 11) is 0. The number of aromatic nitrogens is 3. The van der Waals surface area contributed by atoms with Gasteiger partial charge < -0.3 is 10.4 Å². The zero-order chi connectivity index (χ0) is 13.7. The number of carboxylic acid groups (broad SMARTS) is 1. The number of amides is 1. The van der Waals surface area contributed by atoms with Gasteiger partial charge in [0.25, 0.3) is 0 Å². The molecular formula is C11H12N4O3S. The molecule has 2 aromatic rings. The molecule has 0 aliphatic rings. The van der Waals surface area contributed by atoms with Crippen LogP contribution < -0.4 is 5.32 Å². The Bertz CT molecular complexity index is 564. The molecule has 2 N–H and O–H groups in total. The molecule has 0 unspecified atom stereocenters. The molecule has 19 heavy (non-hydrogen) atoms. The van der Waals surface area contributed by atoms with Gasteiger partial charge in [-0.2, -0.15) is 11.3 Å². The maximum atomic E-state index is 11.6. The third-order valence-electron chi connectivity index (χ3n) is 2.37. The lowest BCUT2D eigenvalue weighted by Crippen LogP contribution is -2.28. The minimum Gasteiger partial charge on any atom is -0.476 e. The van der Waals surface area contributed by atoms with Crippen LogP contribution in [-0.4, -0.2) is 38.5 Å². The van der Waals surface area contributed by atoms with Gasteiger partial charge in [0.1, 0.15) is 0 Å². The van der Waals surface area contributed by atoms with E-state index in [1.54, 1.807) is 11.3 Å². The lowest BCUT2D eigenvalue weighted by molar-refractivity contribution is -0.120. The predicted octanol–water partition coefficient (Wildman–Crippen LogP) is 0.397. The van der Waals surface area contributed by atoms with Gasteiger partial charge in [0.15, 0.2) is 5.69 Å². The van der Waals surface area contributed by atoms with Gasteiger partial charge in [-0.1, -0.05) is 5.21 Å². The van der Waals surface area contributed by atoms with Gasteiger partial charge >= 0.3 is 5.97 Å². The van der Waals surface area contributed by atoms with Gasteiger partial charge in [0, 0.05) is 6.54 Å². The van der Waals surface area contributed by atoms with E-state index in [4.69, 9.17) is 5.11 Å². The summed E-state index contributed by atoms with van der Waals surface area (Å²) < 4.78 is 1.38. The van der Waals surface area contributed by atoms with Gasteiger partial charge in [-0.3, -0.25) is 4.79 Å². The van der Waals surface area contributed by atoms with E-state index in [0.29, 0.717) is 19.5 Å². The molecule has 0 saturated carbocycles. The summed E-state index contributed by atoms with van der Waals surface area (Å²) in [5, 5.41) is 22.4. The second-order valence-electron chi connectivity index (χ2n) is 3.83. The Morgan fingerprint density at radius 1 is 1.47 bits per heavy atom. The highest BCUT2D eigenvalue weighted by molar-refractivity contribution is 7.07. The third kappa shape index (κ3) is 3.88. The molecule has 0 spiro atoms. The van der Waals surface area contributed by atoms with E-state index in [2.05, 4.69) is 15.6 Å². The summed E-state index contributed by atoms with van der Waals surface area (Å²) in [6.45, 7) is 0.765. The van der Waals surface area contributed by atoms with E-state index in [1.807, 2.05) is 16.8 Å². The minimum absolute atomic E-state index is 0.0722.